The van der Waals surface area contributed by atoms with Gasteiger partial charge in [-0.1, -0.05) is 0 Å². The van der Waals surface area contributed by atoms with Gasteiger partial charge in [-0.15, -0.1) is 0 Å². The summed E-state index contributed by atoms with van der Waals surface area (Å²) in [5.74, 6) is 0. The number of nitrogens with two attached hydrogens (primary N) is 1. The van der Waals surface area contributed by atoms with Crippen LogP contribution in [0, 0.1) is 0 Å². The van der Waals surface area contributed by atoms with Gasteiger partial charge in [0.05, 0.1) is 6.54 Å². The minimum atomic E-state index is 0.629. The summed E-state index contributed by atoms with van der Waals surface area (Å²) in [6.45, 7) is 2.60. The Morgan fingerprint density at radius 2 is 2.44 bits per heavy atom. The van der Waals surface area contributed by atoms with Gasteiger partial charge in [0.15, 0.2) is 0 Å². The molecule has 1 aliphatic rings. The van der Waals surface area contributed by atoms with Crippen LogP contribution in [0.25, 0.3) is 0 Å². The van der Waals surface area contributed by atoms with Crippen LogP contribution in [0.3, 0.4) is 0 Å². The van der Waals surface area contributed by atoms with Crippen LogP contribution in [0.15, 0.2) is 23.5 Å². The average molecular weight is 145 g/mol. The summed E-state index contributed by atoms with van der Waals surface area (Å²) in [6, 6.07) is 0. The van der Waals surface area contributed by atoms with Gasteiger partial charge in [-0.05, 0) is 18.6 Å². The second-order valence-electron chi connectivity index (χ2n) is 2.08. The van der Waals surface area contributed by atoms with Gasteiger partial charge in [-0.25, -0.2) is 0 Å². The van der Waals surface area contributed by atoms with Crippen molar-refractivity contribution in [2.75, 3.05) is 6.54 Å². The van der Waals surface area contributed by atoms with E-state index in [1.807, 2.05) is 13.0 Å². The molecule has 50 valence electrons. The van der Waals surface area contributed by atoms with E-state index in [2.05, 4.69) is 0 Å². The summed E-state index contributed by atoms with van der Waals surface area (Å²) in [6.07, 6.45) is 3.69. The monoisotopic (exact) mass is 144 g/mol. The van der Waals surface area contributed by atoms with Crippen molar-refractivity contribution in [1.82, 2.24) is 4.42 Å². The predicted octanol–water partition coefficient (Wildman–Crippen LogP) is 1.20. The molecule has 0 saturated carbocycles. The average Bonchev–Trinajstić information content (AvgIpc) is 1.80. The number of hydrogen-bond acceptors (Lipinski definition) is 2. The standard InChI is InChI=1S/C6H9ClN2/c1-5-2-3-9(7)4-6(5)8/h2-3H,4,8H2,1H3. The van der Waals surface area contributed by atoms with Gasteiger partial charge in [0.1, 0.15) is 0 Å². The predicted molar refractivity (Wildman–Crippen MR) is 38.6 cm³/mol. The van der Waals surface area contributed by atoms with Crippen molar-refractivity contribution in [2.24, 2.45) is 5.73 Å². The summed E-state index contributed by atoms with van der Waals surface area (Å²) >= 11 is 5.61. The molecule has 2 nitrogen and oxygen atoms in total. The zero-order chi connectivity index (χ0) is 6.85. The molecular formula is C6H9ClN2. The molecule has 0 atom stereocenters. The molecule has 2 N–H and O–H groups in total. The summed E-state index contributed by atoms with van der Waals surface area (Å²) in [5, 5.41) is 0. The van der Waals surface area contributed by atoms with Crippen molar-refractivity contribution < 1.29 is 0 Å². The van der Waals surface area contributed by atoms with Crippen LogP contribution in [-0.4, -0.2) is 11.0 Å². The quantitative estimate of drug-likeness (QED) is 0.518. The zero-order valence-corrected chi connectivity index (χ0v) is 6.02. The first-order valence-corrected chi connectivity index (χ1v) is 3.10. The first-order valence-electron chi connectivity index (χ1n) is 2.76. The third-order valence-electron chi connectivity index (χ3n) is 1.31. The molecule has 9 heavy (non-hydrogen) atoms. The molecule has 1 aliphatic heterocycles. The molecule has 1 rings (SSSR count). The van der Waals surface area contributed by atoms with Gasteiger partial charge in [0, 0.05) is 23.7 Å². The number of rotatable bonds is 0. The van der Waals surface area contributed by atoms with Crippen LogP contribution >= 0.6 is 11.8 Å². The Hall–Kier alpha value is -0.630. The van der Waals surface area contributed by atoms with E-state index in [1.54, 1.807) is 6.20 Å². The lowest BCUT2D eigenvalue weighted by atomic mass is 10.2. The van der Waals surface area contributed by atoms with E-state index in [1.165, 1.54) is 4.42 Å². The Bertz CT molecular complexity index is 172. The third kappa shape index (κ3) is 1.39. The van der Waals surface area contributed by atoms with Gasteiger partial charge >= 0.3 is 0 Å². The Balaban J connectivity index is 2.75. The summed E-state index contributed by atoms with van der Waals surface area (Å²) in [5.41, 5.74) is 7.51. The van der Waals surface area contributed by atoms with Crippen molar-refractivity contribution in [3.8, 4) is 0 Å². The van der Waals surface area contributed by atoms with Crippen molar-refractivity contribution in [3.63, 3.8) is 0 Å². The smallest absolute Gasteiger partial charge is 0.0740 e. The minimum Gasteiger partial charge on any atom is -0.400 e. The Morgan fingerprint density at radius 1 is 1.78 bits per heavy atom. The number of allylic oxidation sites excluding steroid dienone is 2. The second-order valence-corrected chi connectivity index (χ2v) is 2.52. The van der Waals surface area contributed by atoms with E-state index in [9.17, 15) is 0 Å². The molecule has 0 aromatic heterocycles. The maximum Gasteiger partial charge on any atom is 0.0740 e. The van der Waals surface area contributed by atoms with E-state index in [0.29, 0.717) is 6.54 Å². The lowest BCUT2D eigenvalue weighted by Crippen LogP contribution is -2.18. The van der Waals surface area contributed by atoms with E-state index in [0.717, 1.165) is 11.3 Å². The fourth-order valence-electron chi connectivity index (χ4n) is 0.640. The molecule has 3 heteroatoms. The van der Waals surface area contributed by atoms with Gasteiger partial charge < -0.3 is 5.73 Å². The number of nitrogens with zero attached hydrogens (tertiary/aromatic N) is 1. The van der Waals surface area contributed by atoms with E-state index < -0.39 is 0 Å². The fraction of sp³-hybridized carbons (Fsp3) is 0.333. The van der Waals surface area contributed by atoms with Crippen molar-refractivity contribution >= 4 is 11.8 Å². The van der Waals surface area contributed by atoms with Crippen LogP contribution < -0.4 is 5.73 Å². The topological polar surface area (TPSA) is 29.3 Å². The third-order valence-corrected chi connectivity index (χ3v) is 1.55. The Kier molecular flexibility index (Phi) is 1.67. The fourth-order valence-corrected chi connectivity index (χ4v) is 0.825. The summed E-state index contributed by atoms with van der Waals surface area (Å²) in [4.78, 5) is 0. The summed E-state index contributed by atoms with van der Waals surface area (Å²) < 4.78 is 1.53. The Labute approximate surface area is 59.7 Å². The molecule has 0 spiro atoms. The van der Waals surface area contributed by atoms with Crippen LogP contribution in [0.2, 0.25) is 0 Å². The highest BCUT2D eigenvalue weighted by Crippen LogP contribution is 2.11. The molecule has 0 amide bonds. The maximum atomic E-state index is 5.61. The molecule has 0 aromatic carbocycles. The van der Waals surface area contributed by atoms with E-state index in [4.69, 9.17) is 17.5 Å². The van der Waals surface area contributed by atoms with E-state index in [-0.39, 0.29) is 0 Å². The largest absolute Gasteiger partial charge is 0.400 e. The molecule has 0 radical (unpaired) electrons. The van der Waals surface area contributed by atoms with Gasteiger partial charge in [0.25, 0.3) is 0 Å². The van der Waals surface area contributed by atoms with Crippen LogP contribution in [-0.2, 0) is 0 Å². The van der Waals surface area contributed by atoms with Crippen LogP contribution in [0.4, 0.5) is 0 Å². The van der Waals surface area contributed by atoms with Gasteiger partial charge in [0.2, 0.25) is 0 Å². The Morgan fingerprint density at radius 3 is 2.89 bits per heavy atom. The highest BCUT2D eigenvalue weighted by molar-refractivity contribution is 6.14. The van der Waals surface area contributed by atoms with Gasteiger partial charge in [-0.2, -0.15) is 0 Å². The molecule has 0 unspecified atom stereocenters. The highest BCUT2D eigenvalue weighted by Gasteiger charge is 2.03. The SMILES string of the molecule is CC1=C(N)CN(Cl)C=C1. The molecule has 0 fully saturated rings. The van der Waals surface area contributed by atoms with Crippen molar-refractivity contribution in [3.05, 3.63) is 23.5 Å². The number of halogens is 1. The molecule has 1 heterocycles. The van der Waals surface area contributed by atoms with Crippen molar-refractivity contribution in [2.45, 2.75) is 6.92 Å². The lowest BCUT2D eigenvalue weighted by molar-refractivity contribution is 0.636. The maximum absolute atomic E-state index is 5.61. The zero-order valence-electron chi connectivity index (χ0n) is 5.26. The van der Waals surface area contributed by atoms with E-state index >= 15 is 0 Å². The molecule has 0 bridgehead atoms. The van der Waals surface area contributed by atoms with Crippen LogP contribution in [0.5, 0.6) is 0 Å². The highest BCUT2D eigenvalue weighted by atomic mass is 35.5. The molecule has 0 aromatic rings. The second kappa shape index (κ2) is 2.31. The first-order chi connectivity index (χ1) is 4.20. The lowest BCUT2D eigenvalue weighted by Gasteiger charge is -2.16. The molecule has 0 saturated heterocycles. The van der Waals surface area contributed by atoms with Crippen LogP contribution in [0.1, 0.15) is 6.92 Å². The number of hydrogen-bond donors (Lipinski definition) is 1. The summed E-state index contributed by atoms with van der Waals surface area (Å²) in [7, 11) is 0. The normalized spacial score (nSPS) is 19.1. The molecule has 0 aliphatic carbocycles. The van der Waals surface area contributed by atoms with Gasteiger partial charge in [-0.3, -0.25) is 4.42 Å². The molecular weight excluding hydrogens is 136 g/mol. The van der Waals surface area contributed by atoms with Crippen molar-refractivity contribution in [1.29, 1.82) is 0 Å². The minimum absolute atomic E-state index is 0.629. The first kappa shape index (κ1) is 6.49.